The topological polar surface area (TPSA) is 37.3 Å². The van der Waals surface area contributed by atoms with Crippen molar-refractivity contribution in [1.82, 2.24) is 0 Å². The van der Waals surface area contributed by atoms with Gasteiger partial charge in [0, 0.05) is 0 Å². The summed E-state index contributed by atoms with van der Waals surface area (Å²) in [6.07, 6.45) is 2.43. The minimum Gasteiger partial charge on any atom is -0.503 e. The molecule has 0 rings (SSSR count). The molecule has 42 valence electrons. The summed E-state index contributed by atoms with van der Waals surface area (Å²) >= 11 is 0. The zero-order chi connectivity index (χ0) is 5.70. The monoisotopic (exact) mass is 164 g/mol. The zero-order valence-corrected chi connectivity index (χ0v) is 7.73. The maximum absolute atomic E-state index is 9.67. The van der Waals surface area contributed by atoms with Gasteiger partial charge in [-0.15, -0.1) is 0 Å². The van der Waals surface area contributed by atoms with Gasteiger partial charge in [0.2, 0.25) is 0 Å². The number of hydrogen-bond acceptors (Lipinski definition) is 1. The van der Waals surface area contributed by atoms with E-state index < -0.39 is 5.97 Å². The van der Waals surface area contributed by atoms with Gasteiger partial charge in [0.25, 0.3) is 0 Å². The third-order valence-electron chi connectivity index (χ3n) is 0.523. The van der Waals surface area contributed by atoms with Gasteiger partial charge >= 0.3 is 19.5 Å². The second kappa shape index (κ2) is 6.96. The van der Waals surface area contributed by atoms with E-state index in [0.29, 0.717) is 12.8 Å². The molecular formula is C5H8O2Zn. The normalized spacial score (nSPS) is 7.12. The van der Waals surface area contributed by atoms with Crippen LogP contribution in [-0.4, -0.2) is 11.1 Å². The van der Waals surface area contributed by atoms with Crippen molar-refractivity contribution < 1.29 is 29.4 Å². The molecule has 0 aliphatic heterocycles. The van der Waals surface area contributed by atoms with Gasteiger partial charge in [-0.3, -0.25) is 11.2 Å². The minimum absolute atomic E-state index is 0. The molecule has 3 heteroatoms. The van der Waals surface area contributed by atoms with Gasteiger partial charge in [-0.2, -0.15) is 6.42 Å². The van der Waals surface area contributed by atoms with E-state index in [-0.39, 0.29) is 19.5 Å². The Balaban J connectivity index is 0. The molecule has 0 aliphatic carbocycles. The van der Waals surface area contributed by atoms with Crippen molar-refractivity contribution in [2.45, 2.75) is 12.8 Å². The van der Waals surface area contributed by atoms with E-state index in [0.717, 1.165) is 0 Å². The summed E-state index contributed by atoms with van der Waals surface area (Å²) in [4.78, 5) is 9.67. The van der Waals surface area contributed by atoms with E-state index in [2.05, 4.69) is 6.92 Å². The Morgan fingerprint density at radius 2 is 2.25 bits per heavy atom. The summed E-state index contributed by atoms with van der Waals surface area (Å²) in [5.74, 6) is -0.858. The summed E-state index contributed by atoms with van der Waals surface area (Å²) < 4.78 is 0. The minimum atomic E-state index is -0.858. The molecule has 0 spiro atoms. The van der Waals surface area contributed by atoms with Crippen molar-refractivity contribution in [2.24, 2.45) is 0 Å². The molecule has 2 nitrogen and oxygen atoms in total. The van der Waals surface area contributed by atoms with E-state index in [4.69, 9.17) is 5.11 Å². The summed E-state index contributed by atoms with van der Waals surface area (Å²) in [5, 5.41) is 7.96. The number of carboxylic acids is 1. The number of carboxylic acid groups (broad SMARTS) is 1. The first-order valence-corrected chi connectivity index (χ1v) is 2.12. The maximum atomic E-state index is 9.67. The van der Waals surface area contributed by atoms with Crippen molar-refractivity contribution >= 4 is 5.97 Å². The molecule has 0 aromatic carbocycles. The number of aliphatic carboxylic acids is 1. The van der Waals surface area contributed by atoms with Crippen LogP contribution in [0.5, 0.6) is 0 Å². The molecule has 0 radical (unpaired) electrons. The fraction of sp³-hybridized carbons (Fsp3) is 0.400. The molecule has 1 N–H and O–H groups in total. The van der Waals surface area contributed by atoms with Crippen LogP contribution in [0, 0.1) is 13.3 Å². The van der Waals surface area contributed by atoms with Gasteiger partial charge in [-0.25, -0.2) is 6.42 Å². The van der Waals surface area contributed by atoms with E-state index in [9.17, 15) is 4.79 Å². The van der Waals surface area contributed by atoms with Crippen LogP contribution in [-0.2, 0) is 24.3 Å². The molecule has 0 heterocycles. The van der Waals surface area contributed by atoms with Crippen molar-refractivity contribution in [3.8, 4) is 0 Å². The predicted molar refractivity (Wildman–Crippen MR) is 26.5 cm³/mol. The molecule has 0 amide bonds. The molecule has 0 aromatic heterocycles. The Kier molecular flexibility index (Phi) is 9.45. The average molecular weight is 166 g/mol. The third kappa shape index (κ3) is 9.35. The molecule has 0 aliphatic rings. The quantitative estimate of drug-likeness (QED) is 0.498. The first-order chi connectivity index (χ1) is 3.27. The number of unbranched alkanes of at least 4 members (excludes halogenated alkanes) is 1. The summed E-state index contributed by atoms with van der Waals surface area (Å²) in [5.41, 5.74) is 0. The largest absolute Gasteiger partial charge is 2.00 e. The maximum Gasteiger partial charge on any atom is 2.00 e. The Morgan fingerprint density at radius 3 is 2.38 bits per heavy atom. The van der Waals surface area contributed by atoms with E-state index in [1.807, 2.05) is 0 Å². The van der Waals surface area contributed by atoms with E-state index >= 15 is 0 Å². The Morgan fingerprint density at radius 1 is 1.75 bits per heavy atom. The Hall–Kier alpha value is -0.0366. The van der Waals surface area contributed by atoms with Crippen LogP contribution in [0.2, 0.25) is 0 Å². The molecule has 0 saturated carbocycles. The van der Waals surface area contributed by atoms with Crippen LogP contribution in [0.15, 0.2) is 0 Å². The van der Waals surface area contributed by atoms with E-state index in [1.165, 1.54) is 6.42 Å². The molecule has 0 atom stereocenters. The van der Waals surface area contributed by atoms with Gasteiger partial charge in [0.05, 0.1) is 0 Å². The first kappa shape index (κ1) is 10.9. The van der Waals surface area contributed by atoms with Crippen molar-refractivity contribution in [2.75, 3.05) is 0 Å². The van der Waals surface area contributed by atoms with Crippen LogP contribution in [0.3, 0.4) is 0 Å². The molecule has 0 saturated heterocycles. The molecular weight excluding hydrogens is 157 g/mol. The Bertz CT molecular complexity index is 63.4. The first-order valence-electron chi connectivity index (χ1n) is 2.12. The average Bonchev–Trinajstić information content (AvgIpc) is 1.61. The zero-order valence-electron chi connectivity index (χ0n) is 4.76. The van der Waals surface area contributed by atoms with Crippen LogP contribution in [0.25, 0.3) is 0 Å². The molecule has 0 unspecified atom stereocenters. The number of rotatable bonds is 3. The second-order valence-electron chi connectivity index (χ2n) is 1.18. The molecule has 0 aromatic rings. The SMILES string of the molecule is [CH2-]CC[CH-]C(=O)O.[Zn+2]. The fourth-order valence-corrected chi connectivity index (χ4v) is 0.226. The van der Waals surface area contributed by atoms with Crippen molar-refractivity contribution in [1.29, 1.82) is 0 Å². The number of hydrogen-bond donors (Lipinski definition) is 1. The third-order valence-corrected chi connectivity index (χ3v) is 0.523. The van der Waals surface area contributed by atoms with Crippen LogP contribution in [0.4, 0.5) is 0 Å². The van der Waals surface area contributed by atoms with Crippen LogP contribution in [0.1, 0.15) is 12.8 Å². The summed E-state index contributed by atoms with van der Waals surface area (Å²) in [6, 6.07) is 0. The van der Waals surface area contributed by atoms with E-state index in [1.54, 1.807) is 0 Å². The number of carbonyl (C=O) groups is 1. The molecule has 0 fully saturated rings. The second-order valence-corrected chi connectivity index (χ2v) is 1.18. The van der Waals surface area contributed by atoms with Gasteiger partial charge in [-0.1, -0.05) is 0 Å². The van der Waals surface area contributed by atoms with Gasteiger partial charge < -0.3 is 12.0 Å². The Labute approximate surface area is 62.0 Å². The fourth-order valence-electron chi connectivity index (χ4n) is 0.226. The summed E-state index contributed by atoms with van der Waals surface area (Å²) in [7, 11) is 0. The van der Waals surface area contributed by atoms with Gasteiger partial charge in [0.1, 0.15) is 0 Å². The predicted octanol–water partition coefficient (Wildman–Crippen LogP) is 0.887. The molecule has 0 bridgehead atoms. The van der Waals surface area contributed by atoms with Gasteiger partial charge in [-0.05, 0) is 0 Å². The van der Waals surface area contributed by atoms with Crippen LogP contribution >= 0.6 is 0 Å². The van der Waals surface area contributed by atoms with Crippen molar-refractivity contribution in [3.05, 3.63) is 13.3 Å². The standard InChI is InChI=1S/C5H8O2.Zn/c1-2-3-4-5(6)7;/h4H,1-3H2,(H,6,7);/q-2;+2. The van der Waals surface area contributed by atoms with Crippen molar-refractivity contribution in [3.63, 3.8) is 0 Å². The smallest absolute Gasteiger partial charge is 0.503 e. The molecule has 8 heavy (non-hydrogen) atoms. The van der Waals surface area contributed by atoms with Gasteiger partial charge in [0.15, 0.2) is 5.97 Å². The van der Waals surface area contributed by atoms with Crippen LogP contribution < -0.4 is 0 Å². The summed E-state index contributed by atoms with van der Waals surface area (Å²) in [6.45, 7) is 3.46.